The zero-order valence-electron chi connectivity index (χ0n) is 12.9. The predicted octanol–water partition coefficient (Wildman–Crippen LogP) is 3.60. The molecule has 0 aliphatic heterocycles. The molecule has 0 spiro atoms. The highest BCUT2D eigenvalue weighted by Crippen LogP contribution is 2.16. The zero-order valence-corrected chi connectivity index (χ0v) is 12.9. The van der Waals surface area contributed by atoms with Crippen LogP contribution in [0.15, 0.2) is 18.2 Å². The molecule has 0 amide bonds. The van der Waals surface area contributed by atoms with Crippen LogP contribution >= 0.6 is 0 Å². The van der Waals surface area contributed by atoms with E-state index in [1.165, 1.54) is 19.3 Å². The molecule has 0 aliphatic carbocycles. The predicted molar refractivity (Wildman–Crippen MR) is 83.6 cm³/mol. The lowest BCUT2D eigenvalue weighted by atomic mass is 10.2. The Bertz CT molecular complexity index is 350. The average Bonchev–Trinajstić information content (AvgIpc) is 2.41. The minimum absolute atomic E-state index is 0.499. The fourth-order valence-corrected chi connectivity index (χ4v) is 2.15. The Morgan fingerprint density at radius 1 is 1.21 bits per heavy atom. The maximum atomic E-state index is 4.77. The fraction of sp³-hybridized carbons (Fsp3) is 0.688. The van der Waals surface area contributed by atoms with Gasteiger partial charge in [-0.15, -0.1) is 0 Å². The number of rotatable bonds is 9. The standard InChI is InChI=1S/C16H29N3/c1-5-7-8-12-19(14(3)4)16-11-9-10-15(18-16)13-17-6-2/h9-11,14,17H,5-8,12-13H2,1-4H3. The van der Waals surface area contributed by atoms with Crippen molar-refractivity contribution in [2.45, 2.75) is 59.5 Å². The number of pyridine rings is 1. The van der Waals surface area contributed by atoms with Gasteiger partial charge in [0.1, 0.15) is 5.82 Å². The van der Waals surface area contributed by atoms with Crippen LogP contribution in [0.1, 0.15) is 52.7 Å². The number of nitrogens with one attached hydrogen (secondary N) is 1. The second-order valence-electron chi connectivity index (χ2n) is 5.26. The van der Waals surface area contributed by atoms with Crippen molar-refractivity contribution >= 4 is 5.82 Å². The van der Waals surface area contributed by atoms with Gasteiger partial charge in [0.15, 0.2) is 0 Å². The molecule has 1 heterocycles. The van der Waals surface area contributed by atoms with Gasteiger partial charge in [0.05, 0.1) is 5.69 Å². The first-order valence-corrected chi connectivity index (χ1v) is 7.62. The van der Waals surface area contributed by atoms with Crippen LogP contribution in [0.2, 0.25) is 0 Å². The molecule has 3 heteroatoms. The molecule has 1 rings (SSSR count). The van der Waals surface area contributed by atoms with Crippen molar-refractivity contribution in [3.63, 3.8) is 0 Å². The first-order valence-electron chi connectivity index (χ1n) is 7.62. The monoisotopic (exact) mass is 263 g/mol. The molecule has 0 aliphatic rings. The Kier molecular flexibility index (Phi) is 7.49. The zero-order chi connectivity index (χ0) is 14.1. The summed E-state index contributed by atoms with van der Waals surface area (Å²) in [4.78, 5) is 7.18. The summed E-state index contributed by atoms with van der Waals surface area (Å²) in [7, 11) is 0. The van der Waals surface area contributed by atoms with Crippen molar-refractivity contribution in [2.75, 3.05) is 18.0 Å². The second kappa shape index (κ2) is 8.92. The maximum absolute atomic E-state index is 4.77. The number of hydrogen-bond donors (Lipinski definition) is 1. The van der Waals surface area contributed by atoms with Crippen LogP contribution in [0.4, 0.5) is 5.82 Å². The summed E-state index contributed by atoms with van der Waals surface area (Å²) in [6.45, 7) is 11.8. The van der Waals surface area contributed by atoms with E-state index in [1.54, 1.807) is 0 Å². The highest BCUT2D eigenvalue weighted by Gasteiger charge is 2.11. The molecule has 19 heavy (non-hydrogen) atoms. The molecule has 0 saturated carbocycles. The van der Waals surface area contributed by atoms with Gasteiger partial charge in [-0.3, -0.25) is 0 Å². The van der Waals surface area contributed by atoms with Crippen molar-refractivity contribution in [3.05, 3.63) is 23.9 Å². The Morgan fingerprint density at radius 2 is 2.00 bits per heavy atom. The van der Waals surface area contributed by atoms with E-state index >= 15 is 0 Å². The van der Waals surface area contributed by atoms with E-state index < -0.39 is 0 Å². The number of aromatic nitrogens is 1. The van der Waals surface area contributed by atoms with Gasteiger partial charge in [0.25, 0.3) is 0 Å². The van der Waals surface area contributed by atoms with Crippen LogP contribution < -0.4 is 10.2 Å². The van der Waals surface area contributed by atoms with Crippen LogP contribution in [0.5, 0.6) is 0 Å². The molecule has 1 aromatic heterocycles. The van der Waals surface area contributed by atoms with Gasteiger partial charge in [-0.05, 0) is 38.9 Å². The van der Waals surface area contributed by atoms with E-state index in [-0.39, 0.29) is 0 Å². The lowest BCUT2D eigenvalue weighted by Gasteiger charge is -2.28. The molecule has 0 fully saturated rings. The van der Waals surface area contributed by atoms with Crippen molar-refractivity contribution < 1.29 is 0 Å². The number of unbranched alkanes of at least 4 members (excludes halogenated alkanes) is 2. The van der Waals surface area contributed by atoms with Gasteiger partial charge >= 0.3 is 0 Å². The third kappa shape index (κ3) is 5.60. The summed E-state index contributed by atoms with van der Waals surface area (Å²) in [5.74, 6) is 1.11. The second-order valence-corrected chi connectivity index (χ2v) is 5.26. The van der Waals surface area contributed by atoms with Gasteiger partial charge in [-0.1, -0.05) is 32.8 Å². The molecule has 108 valence electrons. The van der Waals surface area contributed by atoms with Crippen molar-refractivity contribution in [2.24, 2.45) is 0 Å². The summed E-state index contributed by atoms with van der Waals surface area (Å²) in [5.41, 5.74) is 1.13. The summed E-state index contributed by atoms with van der Waals surface area (Å²) in [5, 5.41) is 3.33. The quantitative estimate of drug-likeness (QED) is 0.690. The van der Waals surface area contributed by atoms with E-state index in [2.05, 4.69) is 56.1 Å². The molecule has 0 saturated heterocycles. The van der Waals surface area contributed by atoms with Crippen LogP contribution in [0.3, 0.4) is 0 Å². The number of hydrogen-bond acceptors (Lipinski definition) is 3. The SMILES string of the molecule is CCCCCN(c1cccc(CNCC)n1)C(C)C. The molecule has 3 nitrogen and oxygen atoms in total. The third-order valence-corrected chi connectivity index (χ3v) is 3.27. The lowest BCUT2D eigenvalue weighted by molar-refractivity contribution is 0.617. The van der Waals surface area contributed by atoms with Gasteiger partial charge in [-0.2, -0.15) is 0 Å². The molecule has 0 aromatic carbocycles. The van der Waals surface area contributed by atoms with Gasteiger partial charge in [0, 0.05) is 19.1 Å². The normalized spacial score (nSPS) is 11.0. The van der Waals surface area contributed by atoms with E-state index in [0.29, 0.717) is 6.04 Å². The molecule has 1 aromatic rings. The van der Waals surface area contributed by atoms with E-state index in [4.69, 9.17) is 4.98 Å². The van der Waals surface area contributed by atoms with Crippen LogP contribution in [-0.4, -0.2) is 24.1 Å². The Balaban J connectivity index is 2.71. The molecule has 0 unspecified atom stereocenters. The first-order chi connectivity index (χ1) is 9.19. The minimum atomic E-state index is 0.499. The van der Waals surface area contributed by atoms with Crippen LogP contribution in [0, 0.1) is 0 Å². The first kappa shape index (κ1) is 16.0. The number of nitrogens with zero attached hydrogens (tertiary/aromatic N) is 2. The summed E-state index contributed by atoms with van der Waals surface area (Å²) in [6.07, 6.45) is 3.80. The fourth-order valence-electron chi connectivity index (χ4n) is 2.15. The topological polar surface area (TPSA) is 28.2 Å². The Labute approximate surface area is 118 Å². The van der Waals surface area contributed by atoms with Gasteiger partial charge in [0.2, 0.25) is 0 Å². The highest BCUT2D eigenvalue weighted by molar-refractivity contribution is 5.40. The summed E-state index contributed by atoms with van der Waals surface area (Å²) < 4.78 is 0. The number of anilines is 1. The summed E-state index contributed by atoms with van der Waals surface area (Å²) in [6, 6.07) is 6.83. The van der Waals surface area contributed by atoms with Crippen LogP contribution in [-0.2, 0) is 6.54 Å². The van der Waals surface area contributed by atoms with E-state index in [9.17, 15) is 0 Å². The van der Waals surface area contributed by atoms with Crippen LogP contribution in [0.25, 0.3) is 0 Å². The van der Waals surface area contributed by atoms with Crippen molar-refractivity contribution in [3.8, 4) is 0 Å². The van der Waals surface area contributed by atoms with Gasteiger partial charge < -0.3 is 10.2 Å². The van der Waals surface area contributed by atoms with E-state index in [1.807, 2.05) is 0 Å². The molecule has 0 bridgehead atoms. The minimum Gasteiger partial charge on any atom is -0.354 e. The third-order valence-electron chi connectivity index (χ3n) is 3.27. The average molecular weight is 263 g/mol. The molecular weight excluding hydrogens is 234 g/mol. The highest BCUT2D eigenvalue weighted by atomic mass is 15.2. The lowest BCUT2D eigenvalue weighted by Crippen LogP contribution is -2.32. The smallest absolute Gasteiger partial charge is 0.129 e. The molecule has 0 radical (unpaired) electrons. The largest absolute Gasteiger partial charge is 0.354 e. The Hall–Kier alpha value is -1.09. The summed E-state index contributed by atoms with van der Waals surface area (Å²) >= 11 is 0. The van der Waals surface area contributed by atoms with Gasteiger partial charge in [-0.25, -0.2) is 4.98 Å². The Morgan fingerprint density at radius 3 is 2.63 bits per heavy atom. The van der Waals surface area contributed by atoms with Crippen molar-refractivity contribution in [1.82, 2.24) is 10.3 Å². The maximum Gasteiger partial charge on any atom is 0.129 e. The molecule has 0 atom stereocenters. The van der Waals surface area contributed by atoms with E-state index in [0.717, 1.165) is 31.1 Å². The van der Waals surface area contributed by atoms with Crippen molar-refractivity contribution in [1.29, 1.82) is 0 Å². The molecule has 1 N–H and O–H groups in total. The molecular formula is C16H29N3.